The molecule has 4 aromatic rings. The van der Waals surface area contributed by atoms with Crippen molar-refractivity contribution in [2.45, 2.75) is 25.3 Å². The average Bonchev–Trinajstić information content (AvgIpc) is 3.54. The fourth-order valence-electron chi connectivity index (χ4n) is 5.49. The number of aromatic nitrogens is 1. The van der Waals surface area contributed by atoms with E-state index in [1.165, 1.54) is 22.0 Å². The lowest BCUT2D eigenvalue weighted by Gasteiger charge is -2.31. The van der Waals surface area contributed by atoms with Crippen LogP contribution in [0.15, 0.2) is 72.9 Å². The third-order valence-corrected chi connectivity index (χ3v) is 7.42. The summed E-state index contributed by atoms with van der Waals surface area (Å²) in [5.74, 6) is 1.60. The highest BCUT2D eigenvalue weighted by Gasteiger charge is 2.24. The minimum atomic E-state index is -0.964. The fourth-order valence-corrected chi connectivity index (χ4v) is 5.49. The first kappa shape index (κ1) is 23.4. The Morgan fingerprint density at radius 3 is 2.62 bits per heavy atom. The lowest BCUT2D eigenvalue weighted by molar-refractivity contribution is 0.0691. The first-order valence-corrected chi connectivity index (χ1v) is 12.8. The zero-order valence-electron chi connectivity index (χ0n) is 20.6. The Morgan fingerprint density at radius 2 is 1.76 bits per heavy atom. The number of ether oxygens (including phenoxy) is 3. The molecule has 0 amide bonds. The smallest absolute Gasteiger partial charge is 0.339 e. The monoisotopic (exact) mass is 498 g/mol. The molecule has 0 atom stereocenters. The fraction of sp³-hybridized carbons (Fsp3) is 0.300. The van der Waals surface area contributed by atoms with Gasteiger partial charge >= 0.3 is 5.97 Å². The van der Waals surface area contributed by atoms with E-state index in [9.17, 15) is 9.90 Å². The van der Waals surface area contributed by atoms with E-state index in [2.05, 4.69) is 52.1 Å². The molecular weight excluding hydrogens is 468 g/mol. The Balaban J connectivity index is 1.10. The maximum Gasteiger partial charge on any atom is 0.339 e. The first-order chi connectivity index (χ1) is 18.2. The van der Waals surface area contributed by atoms with Gasteiger partial charge in [-0.05, 0) is 73.3 Å². The summed E-state index contributed by atoms with van der Waals surface area (Å²) in [6.07, 6.45) is 4.51. The van der Waals surface area contributed by atoms with E-state index in [0.717, 1.165) is 50.5 Å². The van der Waals surface area contributed by atoms with Gasteiger partial charge in [0, 0.05) is 30.2 Å². The van der Waals surface area contributed by atoms with Crippen LogP contribution in [0.5, 0.6) is 17.2 Å². The van der Waals surface area contributed by atoms with Crippen LogP contribution < -0.4 is 14.2 Å². The highest BCUT2D eigenvalue weighted by molar-refractivity contribution is 5.90. The Kier molecular flexibility index (Phi) is 6.45. The third-order valence-electron chi connectivity index (χ3n) is 7.42. The van der Waals surface area contributed by atoms with Crippen LogP contribution >= 0.6 is 0 Å². The van der Waals surface area contributed by atoms with Crippen LogP contribution in [0.3, 0.4) is 0 Å². The van der Waals surface area contributed by atoms with Gasteiger partial charge in [-0.15, -0.1) is 0 Å². The molecule has 0 bridgehead atoms. The van der Waals surface area contributed by atoms with Crippen molar-refractivity contribution in [1.82, 2.24) is 9.47 Å². The number of fused-ring (bicyclic) bond motifs is 2. The maximum absolute atomic E-state index is 11.4. The quantitative estimate of drug-likeness (QED) is 0.352. The van der Waals surface area contributed by atoms with Gasteiger partial charge in [-0.2, -0.15) is 0 Å². The zero-order chi connectivity index (χ0) is 25.2. The average molecular weight is 499 g/mol. The van der Waals surface area contributed by atoms with Crippen LogP contribution in [0.2, 0.25) is 0 Å². The van der Waals surface area contributed by atoms with Gasteiger partial charge in [0.25, 0.3) is 0 Å². The summed E-state index contributed by atoms with van der Waals surface area (Å²) >= 11 is 0. The second-order valence-electron chi connectivity index (χ2n) is 9.68. The summed E-state index contributed by atoms with van der Waals surface area (Å²) in [6.45, 7) is 4.32. The van der Waals surface area contributed by atoms with Gasteiger partial charge in [-0.25, -0.2) is 4.79 Å². The molecule has 3 heterocycles. The normalized spacial score (nSPS) is 15.8. The molecule has 7 heteroatoms. The van der Waals surface area contributed by atoms with Crippen LogP contribution in [0.1, 0.15) is 40.2 Å². The molecule has 6 rings (SSSR count). The van der Waals surface area contributed by atoms with Crippen molar-refractivity contribution >= 4 is 16.9 Å². The van der Waals surface area contributed by atoms with Gasteiger partial charge in [0.2, 0.25) is 6.79 Å². The molecule has 2 aliphatic rings. The van der Waals surface area contributed by atoms with Crippen LogP contribution in [0.4, 0.5) is 0 Å². The third kappa shape index (κ3) is 4.87. The summed E-state index contributed by atoms with van der Waals surface area (Å²) in [4.78, 5) is 13.8. The lowest BCUT2D eigenvalue weighted by Crippen LogP contribution is -2.35. The predicted molar refractivity (Wildman–Crippen MR) is 141 cm³/mol. The molecule has 0 unspecified atom stereocenters. The molecule has 1 N–H and O–H groups in total. The number of carboxylic acids is 1. The summed E-state index contributed by atoms with van der Waals surface area (Å²) in [5, 5.41) is 10.7. The number of carboxylic acid groups (broad SMARTS) is 1. The van der Waals surface area contributed by atoms with E-state index in [1.807, 2.05) is 6.07 Å². The zero-order valence-corrected chi connectivity index (χ0v) is 20.6. The number of nitrogens with zero attached hydrogens (tertiary/aromatic N) is 2. The first-order valence-electron chi connectivity index (χ1n) is 12.8. The topological polar surface area (TPSA) is 73.2 Å². The molecule has 0 saturated carbocycles. The van der Waals surface area contributed by atoms with Gasteiger partial charge < -0.3 is 23.9 Å². The number of benzene rings is 3. The molecule has 0 radical (unpaired) electrons. The van der Waals surface area contributed by atoms with E-state index >= 15 is 0 Å². The van der Waals surface area contributed by atoms with Crippen molar-refractivity contribution in [2.75, 3.05) is 33.0 Å². The van der Waals surface area contributed by atoms with Gasteiger partial charge in [0.15, 0.2) is 11.5 Å². The maximum atomic E-state index is 11.4. The van der Waals surface area contributed by atoms with E-state index in [-0.39, 0.29) is 12.4 Å². The van der Waals surface area contributed by atoms with Crippen LogP contribution in [-0.2, 0) is 6.54 Å². The van der Waals surface area contributed by atoms with Gasteiger partial charge in [0.05, 0.1) is 0 Å². The molecule has 0 spiro atoms. The minimum Gasteiger partial charge on any atom is -0.491 e. The van der Waals surface area contributed by atoms with Crippen LogP contribution in [0, 0.1) is 0 Å². The van der Waals surface area contributed by atoms with E-state index < -0.39 is 5.97 Å². The Labute approximate surface area is 215 Å². The van der Waals surface area contributed by atoms with Gasteiger partial charge in [-0.3, -0.25) is 4.90 Å². The second kappa shape index (κ2) is 10.2. The second-order valence-corrected chi connectivity index (χ2v) is 9.68. The molecule has 3 aromatic carbocycles. The minimum absolute atomic E-state index is 0.207. The molecule has 2 aliphatic heterocycles. The van der Waals surface area contributed by atoms with Crippen LogP contribution in [0.25, 0.3) is 10.9 Å². The summed E-state index contributed by atoms with van der Waals surface area (Å²) in [7, 11) is 0. The number of likely N-dealkylation sites (tertiary alicyclic amines) is 1. The molecular formula is C30H30N2O5. The molecule has 0 aliphatic carbocycles. The molecule has 1 fully saturated rings. The highest BCUT2D eigenvalue weighted by atomic mass is 16.7. The van der Waals surface area contributed by atoms with E-state index in [4.69, 9.17) is 14.2 Å². The summed E-state index contributed by atoms with van der Waals surface area (Å²) in [6, 6.07) is 21.7. The van der Waals surface area contributed by atoms with E-state index in [0.29, 0.717) is 18.3 Å². The number of hydrogen-bond acceptors (Lipinski definition) is 5. The van der Waals surface area contributed by atoms with Crippen LogP contribution in [-0.4, -0.2) is 53.6 Å². The number of carbonyl (C=O) groups is 1. The number of rotatable bonds is 8. The van der Waals surface area contributed by atoms with Gasteiger partial charge in [-0.1, -0.05) is 36.4 Å². The van der Waals surface area contributed by atoms with Crippen molar-refractivity contribution in [3.8, 4) is 17.2 Å². The van der Waals surface area contributed by atoms with Crippen molar-refractivity contribution < 1.29 is 24.1 Å². The Hall–Kier alpha value is -3.97. The highest BCUT2D eigenvalue weighted by Crippen LogP contribution is 2.36. The summed E-state index contributed by atoms with van der Waals surface area (Å²) < 4.78 is 19.2. The van der Waals surface area contributed by atoms with Crippen molar-refractivity contribution in [1.29, 1.82) is 0 Å². The SMILES string of the molecule is O=C(O)c1ccccc1OCCN1CCC(c2cn(Cc3ccc4c(c3)OCO4)c3ccccc23)CC1. The summed E-state index contributed by atoms with van der Waals surface area (Å²) in [5.41, 5.74) is 4.07. The molecule has 190 valence electrons. The van der Waals surface area contributed by atoms with Crippen molar-refractivity contribution in [3.63, 3.8) is 0 Å². The largest absolute Gasteiger partial charge is 0.491 e. The van der Waals surface area contributed by atoms with Gasteiger partial charge in [0.1, 0.15) is 17.9 Å². The number of hydrogen-bond donors (Lipinski definition) is 1. The number of aromatic carboxylic acids is 1. The van der Waals surface area contributed by atoms with Crippen molar-refractivity contribution in [2.24, 2.45) is 0 Å². The van der Waals surface area contributed by atoms with Crippen molar-refractivity contribution in [3.05, 3.63) is 89.6 Å². The Morgan fingerprint density at radius 1 is 0.973 bits per heavy atom. The Bertz CT molecular complexity index is 1420. The van der Waals surface area contributed by atoms with E-state index in [1.54, 1.807) is 24.3 Å². The standard InChI is InChI=1S/C30H30N2O5/c33-30(34)24-6-2-4-8-27(24)35-16-15-31-13-11-22(12-14-31)25-19-32(26-7-3-1-5-23(25)26)18-21-9-10-28-29(17-21)37-20-36-28/h1-10,17,19,22H,11-16,18,20H2,(H,33,34). The molecule has 1 saturated heterocycles. The molecule has 7 nitrogen and oxygen atoms in total. The lowest BCUT2D eigenvalue weighted by atomic mass is 9.89. The predicted octanol–water partition coefficient (Wildman–Crippen LogP) is 5.37. The number of para-hydroxylation sites is 2. The molecule has 1 aromatic heterocycles. The molecule has 37 heavy (non-hydrogen) atoms. The number of piperidine rings is 1.